The molecule has 0 saturated heterocycles. The first-order chi connectivity index (χ1) is 29.8. The molecule has 0 radical (unpaired) electrons. The summed E-state index contributed by atoms with van der Waals surface area (Å²) in [5.41, 5.74) is 24.8. The molecule has 0 unspecified atom stereocenters. The fourth-order valence-electron chi connectivity index (χ4n) is 12.9. The van der Waals surface area contributed by atoms with Crippen LogP contribution in [0.25, 0.3) is 88.3 Å². The Morgan fingerprint density at radius 3 is 1.52 bits per heavy atom. The van der Waals surface area contributed by atoms with Crippen LogP contribution in [0.2, 0.25) is 0 Å². The maximum atomic E-state index is 2.61. The van der Waals surface area contributed by atoms with Crippen LogP contribution in [-0.4, -0.2) is 0 Å². The fraction of sp³-hybridized carbons (Fsp3) is 0.180. The molecular weight excluding hydrogens is 733 g/mol. The highest BCUT2D eigenvalue weighted by Crippen LogP contribution is 2.59. The molecule has 292 valence electrons. The minimum absolute atomic E-state index is 0.0674. The molecule has 61 heavy (non-hydrogen) atoms. The standard InChI is InChI=1S/C61H48/c1-59(2)51-23-11-9-20-47(51)58-48(21-15-25-53(58)59)57-45-19-6-5-18-44(45)56(39-28-30-43-41-17-8-12-24-52(41)61(55(43)36-39)32-13-14-33-61)46-31-27-37(34-49(46)57)38-26-29-42-40-16-7-10-22-50(40)60(3,4)54(42)35-38/h5-12,15-31,34-36H,13-14,32-33H2,1-4H3. The van der Waals surface area contributed by atoms with Crippen molar-refractivity contribution < 1.29 is 0 Å². The molecule has 0 heterocycles. The molecule has 9 aromatic carbocycles. The maximum Gasteiger partial charge on any atom is 0.0215 e. The minimum Gasteiger partial charge on any atom is -0.0619 e. The molecule has 9 aromatic rings. The lowest BCUT2D eigenvalue weighted by molar-refractivity contribution is 0.550. The van der Waals surface area contributed by atoms with Gasteiger partial charge in [-0.3, -0.25) is 0 Å². The molecule has 0 atom stereocenters. The van der Waals surface area contributed by atoms with E-state index in [1.54, 1.807) is 0 Å². The average Bonchev–Trinajstić information content (AvgIpc) is 4.02. The predicted molar refractivity (Wildman–Crippen MR) is 258 cm³/mol. The zero-order chi connectivity index (χ0) is 40.8. The molecule has 1 saturated carbocycles. The Morgan fingerprint density at radius 2 is 0.770 bits per heavy atom. The summed E-state index contributed by atoms with van der Waals surface area (Å²) in [5.74, 6) is 0. The third kappa shape index (κ3) is 4.61. The van der Waals surface area contributed by atoms with Crippen LogP contribution >= 0.6 is 0 Å². The first-order valence-corrected chi connectivity index (χ1v) is 22.5. The SMILES string of the molecule is CC1(C)c2ccccc2-c2ccc(-c3ccc4c(-c5ccc6c(c5)C5(CCCC5)c5ccccc5-6)c5ccccc5c(-c5cccc6c5-c5ccccc5C6(C)C)c4c3)cc21. The Labute approximate surface area is 359 Å². The average molecular weight is 781 g/mol. The van der Waals surface area contributed by atoms with E-state index >= 15 is 0 Å². The van der Waals surface area contributed by atoms with Crippen molar-refractivity contribution in [2.45, 2.75) is 69.6 Å². The molecular formula is C61H48. The fourth-order valence-corrected chi connectivity index (χ4v) is 12.9. The highest BCUT2D eigenvalue weighted by atomic mass is 14.5. The van der Waals surface area contributed by atoms with Crippen LogP contribution in [-0.2, 0) is 16.2 Å². The van der Waals surface area contributed by atoms with E-state index in [4.69, 9.17) is 0 Å². The van der Waals surface area contributed by atoms with Gasteiger partial charge >= 0.3 is 0 Å². The van der Waals surface area contributed by atoms with Gasteiger partial charge in [-0.25, -0.2) is 0 Å². The van der Waals surface area contributed by atoms with Crippen molar-refractivity contribution in [3.63, 3.8) is 0 Å². The van der Waals surface area contributed by atoms with Crippen molar-refractivity contribution in [2.24, 2.45) is 0 Å². The highest BCUT2D eigenvalue weighted by Gasteiger charge is 2.45. The van der Waals surface area contributed by atoms with Gasteiger partial charge < -0.3 is 0 Å². The lowest BCUT2D eigenvalue weighted by atomic mass is 9.75. The molecule has 1 spiro atoms. The normalized spacial score (nSPS) is 16.7. The summed E-state index contributed by atoms with van der Waals surface area (Å²) >= 11 is 0. The summed E-state index contributed by atoms with van der Waals surface area (Å²) in [6, 6.07) is 65.8. The van der Waals surface area contributed by atoms with Crippen LogP contribution < -0.4 is 0 Å². The second-order valence-corrected chi connectivity index (χ2v) is 19.5. The van der Waals surface area contributed by atoms with Gasteiger partial charge in [0.1, 0.15) is 0 Å². The number of hydrogen-bond acceptors (Lipinski definition) is 0. The van der Waals surface area contributed by atoms with Crippen LogP contribution in [0.3, 0.4) is 0 Å². The van der Waals surface area contributed by atoms with E-state index in [2.05, 4.69) is 198 Å². The predicted octanol–water partition coefficient (Wildman–Crippen LogP) is 16.4. The van der Waals surface area contributed by atoms with Crippen molar-refractivity contribution in [1.29, 1.82) is 0 Å². The molecule has 4 aliphatic rings. The summed E-state index contributed by atoms with van der Waals surface area (Å²) in [7, 11) is 0. The van der Waals surface area contributed by atoms with E-state index < -0.39 is 0 Å². The van der Waals surface area contributed by atoms with Crippen molar-refractivity contribution in [3.05, 3.63) is 203 Å². The van der Waals surface area contributed by atoms with E-state index in [0.717, 1.165) is 0 Å². The molecule has 13 rings (SSSR count). The van der Waals surface area contributed by atoms with Gasteiger partial charge in [0.05, 0.1) is 0 Å². The quantitative estimate of drug-likeness (QED) is 0.157. The Bertz CT molecular complexity index is 3360. The second-order valence-electron chi connectivity index (χ2n) is 19.5. The smallest absolute Gasteiger partial charge is 0.0215 e. The Balaban J connectivity index is 1.11. The number of hydrogen-bond donors (Lipinski definition) is 0. The first-order valence-electron chi connectivity index (χ1n) is 22.5. The zero-order valence-corrected chi connectivity index (χ0v) is 35.5. The van der Waals surface area contributed by atoms with Gasteiger partial charge in [0.25, 0.3) is 0 Å². The van der Waals surface area contributed by atoms with E-state index in [-0.39, 0.29) is 16.2 Å². The Hall–Kier alpha value is -6.50. The molecule has 0 aliphatic heterocycles. The van der Waals surface area contributed by atoms with Gasteiger partial charge in [-0.15, -0.1) is 0 Å². The molecule has 0 amide bonds. The van der Waals surface area contributed by atoms with Gasteiger partial charge in [-0.05, 0) is 153 Å². The third-order valence-corrected chi connectivity index (χ3v) is 15.8. The van der Waals surface area contributed by atoms with Crippen molar-refractivity contribution in [2.75, 3.05) is 0 Å². The van der Waals surface area contributed by atoms with Gasteiger partial charge in [0.2, 0.25) is 0 Å². The second kappa shape index (κ2) is 12.3. The van der Waals surface area contributed by atoms with Crippen LogP contribution in [0.5, 0.6) is 0 Å². The zero-order valence-electron chi connectivity index (χ0n) is 35.5. The molecule has 1 fully saturated rings. The van der Waals surface area contributed by atoms with E-state index in [0.29, 0.717) is 0 Å². The molecule has 4 aliphatic carbocycles. The van der Waals surface area contributed by atoms with Crippen LogP contribution in [0.15, 0.2) is 170 Å². The molecule has 0 bridgehead atoms. The van der Waals surface area contributed by atoms with Gasteiger partial charge in [0.15, 0.2) is 0 Å². The van der Waals surface area contributed by atoms with Crippen molar-refractivity contribution >= 4 is 21.5 Å². The number of benzene rings is 9. The summed E-state index contributed by atoms with van der Waals surface area (Å²) < 4.78 is 0. The maximum absolute atomic E-state index is 2.61. The lowest BCUT2D eigenvalue weighted by Gasteiger charge is -2.27. The third-order valence-electron chi connectivity index (χ3n) is 15.8. The topological polar surface area (TPSA) is 0 Å². The van der Waals surface area contributed by atoms with E-state index in [1.165, 1.54) is 147 Å². The number of rotatable bonds is 3. The largest absolute Gasteiger partial charge is 0.0619 e. The van der Waals surface area contributed by atoms with Crippen LogP contribution in [0.1, 0.15) is 86.8 Å². The molecule has 0 nitrogen and oxygen atoms in total. The first kappa shape index (κ1) is 35.3. The Morgan fingerprint density at radius 1 is 0.295 bits per heavy atom. The van der Waals surface area contributed by atoms with Gasteiger partial charge in [0, 0.05) is 16.2 Å². The van der Waals surface area contributed by atoms with E-state index in [9.17, 15) is 0 Å². The van der Waals surface area contributed by atoms with Gasteiger partial charge in [-0.2, -0.15) is 0 Å². The highest BCUT2D eigenvalue weighted by molar-refractivity contribution is 6.23. The lowest BCUT2D eigenvalue weighted by Crippen LogP contribution is -2.20. The van der Waals surface area contributed by atoms with Gasteiger partial charge in [-0.1, -0.05) is 192 Å². The van der Waals surface area contributed by atoms with E-state index in [1.807, 2.05) is 0 Å². The summed E-state index contributed by atoms with van der Waals surface area (Å²) in [4.78, 5) is 0. The molecule has 0 N–H and O–H groups in total. The molecule has 0 heteroatoms. The van der Waals surface area contributed by atoms with Crippen LogP contribution in [0, 0.1) is 0 Å². The minimum atomic E-state index is -0.0916. The van der Waals surface area contributed by atoms with Crippen molar-refractivity contribution in [3.8, 4) is 66.8 Å². The number of fused-ring (bicyclic) bond motifs is 13. The Kier molecular flexibility index (Phi) is 7.11. The molecule has 0 aromatic heterocycles. The summed E-state index contributed by atoms with van der Waals surface area (Å²) in [6.45, 7) is 9.57. The summed E-state index contributed by atoms with van der Waals surface area (Å²) in [5, 5.41) is 5.24. The monoisotopic (exact) mass is 780 g/mol. The summed E-state index contributed by atoms with van der Waals surface area (Å²) in [6.07, 6.45) is 5.02. The van der Waals surface area contributed by atoms with Crippen molar-refractivity contribution in [1.82, 2.24) is 0 Å². The van der Waals surface area contributed by atoms with Crippen LogP contribution in [0.4, 0.5) is 0 Å².